The van der Waals surface area contributed by atoms with Gasteiger partial charge < -0.3 is 57.5 Å². The van der Waals surface area contributed by atoms with Crippen molar-refractivity contribution >= 4 is 88.3 Å². The largest absolute Gasteiger partial charge is 0.486 e. The van der Waals surface area contributed by atoms with Crippen LogP contribution in [0.1, 0.15) is 168 Å². The van der Waals surface area contributed by atoms with Crippen molar-refractivity contribution in [3.8, 4) is 90.1 Å². The molecule has 8 aromatic carbocycles. The molecule has 0 aliphatic heterocycles. The number of furan rings is 4. The first-order valence-electron chi connectivity index (χ1n) is 59.9. The number of nitrogens with zero attached hydrogens (tertiary/aromatic N) is 12. The Morgan fingerprint density at radius 2 is 0.527 bits per heavy atom. The van der Waals surface area contributed by atoms with Gasteiger partial charge in [-0.25, -0.2) is 19.9 Å². The average Bonchev–Trinajstić information content (AvgIpc) is 1.63. The van der Waals surface area contributed by atoms with Crippen molar-refractivity contribution in [2.24, 2.45) is 0 Å². The molecule has 0 amide bonds. The van der Waals surface area contributed by atoms with Gasteiger partial charge in [0.2, 0.25) is 22.9 Å². The minimum Gasteiger partial charge on any atom is -0.486 e. The Bertz CT molecular complexity index is 9000. The van der Waals surface area contributed by atoms with E-state index in [1.54, 1.807) is 92.0 Å². The summed E-state index contributed by atoms with van der Waals surface area (Å²) in [5, 5.41) is 6.97. The molecule has 0 N–H and O–H groups in total. The number of benzene rings is 8. The molecule has 0 aliphatic rings. The van der Waals surface area contributed by atoms with Gasteiger partial charge >= 0.3 is 0 Å². The van der Waals surface area contributed by atoms with Crippen molar-refractivity contribution in [1.29, 1.82) is 0 Å². The number of pyridine rings is 12. The molecule has 0 saturated carbocycles. The van der Waals surface area contributed by atoms with Crippen LogP contribution in [0.2, 0.25) is 0 Å². The van der Waals surface area contributed by atoms with E-state index in [-0.39, 0.29) is 136 Å². The van der Waals surface area contributed by atoms with E-state index in [0.29, 0.717) is 95.8 Å². The van der Waals surface area contributed by atoms with Gasteiger partial charge in [0.1, 0.15) is 0 Å². The van der Waals surface area contributed by atoms with Crippen molar-refractivity contribution < 1.29 is 135 Å². The molecule has 760 valence electrons. The normalized spacial score (nSPS) is 14.3. The second kappa shape index (κ2) is 53.5. The maximum Gasteiger partial charge on any atom is 0.216 e. The molecule has 24 aromatic rings. The molecule has 20 heteroatoms. The summed E-state index contributed by atoms with van der Waals surface area (Å²) in [5.41, 5.74) is 21.0. The van der Waals surface area contributed by atoms with Crippen molar-refractivity contribution in [2.45, 2.75) is 149 Å². The van der Waals surface area contributed by atoms with Gasteiger partial charge in [0, 0.05) is 211 Å². The summed E-state index contributed by atoms with van der Waals surface area (Å²) in [6.45, 7) is 6.44. The Kier molecular flexibility index (Phi) is 28.7. The minimum atomic E-state index is -2.46. The molecule has 0 unspecified atom stereocenters. The molecule has 16 heterocycles. The molecule has 0 saturated heterocycles. The zero-order valence-electron chi connectivity index (χ0n) is 110. The van der Waals surface area contributed by atoms with Crippen molar-refractivity contribution in [2.75, 3.05) is 0 Å². The van der Waals surface area contributed by atoms with E-state index >= 15 is 0 Å². The first kappa shape index (κ1) is 80.4. The van der Waals surface area contributed by atoms with Gasteiger partial charge in [0.15, 0.2) is 0 Å². The van der Waals surface area contributed by atoms with Crippen molar-refractivity contribution in [3.05, 3.63) is 455 Å². The van der Waals surface area contributed by atoms with E-state index in [1.807, 2.05) is 204 Å². The minimum absolute atomic E-state index is 0. The van der Waals surface area contributed by atoms with Crippen LogP contribution < -0.4 is 0 Å². The molecule has 16 nitrogen and oxygen atoms in total. The summed E-state index contributed by atoms with van der Waals surface area (Å²) in [6.07, 6.45) is 0.695. The van der Waals surface area contributed by atoms with Gasteiger partial charge in [-0.1, -0.05) is 180 Å². The Morgan fingerprint density at radius 1 is 0.233 bits per heavy atom. The Hall–Kier alpha value is -14.6. The van der Waals surface area contributed by atoms with Gasteiger partial charge in [-0.3, -0.25) is 0 Å². The van der Waals surface area contributed by atoms with Gasteiger partial charge in [0.25, 0.3) is 0 Å². The molecule has 0 aliphatic carbocycles. The van der Waals surface area contributed by atoms with Gasteiger partial charge in [-0.2, -0.15) is 0 Å². The molecule has 4 radical (unpaired) electrons. The van der Waals surface area contributed by atoms with E-state index in [1.165, 1.54) is 97.1 Å². The summed E-state index contributed by atoms with van der Waals surface area (Å²) in [6, 6.07) is 105. The predicted molar refractivity (Wildman–Crippen MR) is 592 cm³/mol. The van der Waals surface area contributed by atoms with Crippen LogP contribution in [0, 0.1) is 117 Å². The summed E-state index contributed by atoms with van der Waals surface area (Å²) >= 11 is 0. The van der Waals surface area contributed by atoms with Crippen LogP contribution >= 0.6 is 0 Å². The third kappa shape index (κ3) is 27.0. The standard InChI is InChI=1S/2C21H19N2O.2C20H17N2O.C13H12N.2C12H10N.C11H8N.4Ir/c2*1-4-14-11-19(22-12-15(14)5-2)18-8-6-7-16-17-10-9-13(3)23-21(17)24-20(16)18;2*1-4-14-10-18(21-11-12(14)2)17-7-5-6-15-16-9-8-13(3)22-20(16)23-19(15)17;1-10-8-13(14-9-11(10)2)12-6-4-3-5-7-12;2*1-10-7-8-12(13-9-10)11-5-3-2-4-6-11;1-2-6-10(7-3-1)11-8-4-5-9-12-11;;;;/h2*6-7,9-12H,4-5H2,1-3H3;2*5-6,8-11H,4H2,1-3H3;3-6,8-9H,1-2H3;2*2-5,7-9H,1H3;1-6,8-9H;;;;/q8*-1;;;;/i2*4D2,5D2;2*2D3,4D2;2D3;2*1D3;;;;;. The quantitative estimate of drug-likeness (QED) is 0.0928. The molecule has 0 fully saturated rings. The fourth-order valence-electron chi connectivity index (χ4n) is 15.8. The van der Waals surface area contributed by atoms with Crippen LogP contribution in [0.3, 0.4) is 0 Å². The summed E-state index contributed by atoms with van der Waals surface area (Å²) in [5.74, 6) is 0. The fraction of sp³-hybridized carbons (Fsp3) is 0.169. The fourth-order valence-corrected chi connectivity index (χ4v) is 15.8. The Balaban J connectivity index is 0.000000167. The maximum absolute atomic E-state index is 8.16. The van der Waals surface area contributed by atoms with Crippen LogP contribution in [0.4, 0.5) is 0 Å². The third-order valence-corrected chi connectivity index (χ3v) is 23.3. The molecule has 16 aromatic heterocycles. The van der Waals surface area contributed by atoms with Crippen LogP contribution in [0.15, 0.2) is 334 Å². The molecule has 0 bridgehead atoms. The number of fused-ring (bicyclic) bond motifs is 12. The molecule has 0 atom stereocenters. The van der Waals surface area contributed by atoms with Crippen LogP contribution in [-0.4, -0.2) is 59.8 Å². The van der Waals surface area contributed by atoms with Crippen molar-refractivity contribution in [1.82, 2.24) is 59.8 Å². The smallest absolute Gasteiger partial charge is 0.216 e. The Labute approximate surface area is 969 Å². The zero-order valence-corrected chi connectivity index (χ0v) is 92.4. The van der Waals surface area contributed by atoms with E-state index in [9.17, 15) is 0 Å². The summed E-state index contributed by atoms with van der Waals surface area (Å²) in [7, 11) is 0. The van der Waals surface area contributed by atoms with E-state index in [2.05, 4.69) is 108 Å². The van der Waals surface area contributed by atoms with E-state index in [0.717, 1.165) is 116 Å². The number of hydrogen-bond donors (Lipinski definition) is 0. The van der Waals surface area contributed by atoms with Gasteiger partial charge in [-0.15, -0.1) is 216 Å². The van der Waals surface area contributed by atoms with Gasteiger partial charge in [0.05, 0.1) is 22.3 Å². The first-order valence-corrected chi connectivity index (χ1v) is 46.4. The Morgan fingerprint density at radius 3 is 0.807 bits per heavy atom. The molecule has 24 rings (SSSR count). The topological polar surface area (TPSA) is 207 Å². The average molecular weight is 2700 g/mol. The number of rotatable bonds is 14. The zero-order chi connectivity index (χ0) is 125. The molecular formula is C130H112Ir4N12O4-8. The van der Waals surface area contributed by atoms with Crippen LogP contribution in [-0.2, 0) is 119 Å². The molecule has 0 spiro atoms. The molecule has 150 heavy (non-hydrogen) atoms. The summed E-state index contributed by atoms with van der Waals surface area (Å²) in [4.78, 5) is 51.8. The maximum atomic E-state index is 8.16. The first-order chi connectivity index (χ1) is 81.3. The predicted octanol–water partition coefficient (Wildman–Crippen LogP) is 32.0. The van der Waals surface area contributed by atoms with Crippen molar-refractivity contribution in [3.63, 3.8) is 0 Å². The summed E-state index contributed by atoms with van der Waals surface area (Å²) < 4.78 is 233. The second-order valence-electron chi connectivity index (χ2n) is 33.0. The van der Waals surface area contributed by atoms with Crippen LogP contribution in [0.25, 0.3) is 178 Å². The monoisotopic (exact) mass is 2700 g/mol. The van der Waals surface area contributed by atoms with Gasteiger partial charge in [-0.05, 0) is 246 Å². The number of aromatic nitrogens is 12. The van der Waals surface area contributed by atoms with E-state index < -0.39 is 72.5 Å². The number of aryl methyl sites for hydroxylation is 16. The number of hydrogen-bond acceptors (Lipinski definition) is 16. The third-order valence-electron chi connectivity index (χ3n) is 23.3. The second-order valence-corrected chi connectivity index (χ2v) is 33.0. The molecular weight excluding hydrogens is 2560 g/mol. The SMILES string of the molecule is [2H]C([2H])(C)c1cnc(-c2[c-]ccc3c2oc2nc(C)ccc23)cc1C([2H])([2H])C.[2H]C([2H])(C)c1cnc(-c2[c-]ccc3c2oc2nc(C)ccc23)cc1C([2H])([2H])C.[2H]C([2H])([2H])c1ccc(-c2[c-]cccc2)nc1.[2H]C([2H])([2H])c1ccc(-c2[c-]cccc2)nc1.[2H]C([2H])([2H])c1cnc(-c2[c-]ccc3c2oc2nc(C)ccc23)cc1C([2H])([2H])C.[2H]C([2H])([2H])c1cnc(-c2[c-]ccc3c2oc2nc(C)ccc23)cc1C([2H])([2H])C.[2H]C([2H])([2H])c1cnc(-c2[c-]cccc2)cc1C.[Ir].[Ir].[Ir].[Ir].[c-]1ccccc1-c1ccccn1. The van der Waals surface area contributed by atoms with E-state index in [4.69, 9.17) is 54.7 Å². The van der Waals surface area contributed by atoms with Crippen LogP contribution in [0.5, 0.6) is 0 Å².